The Bertz CT molecular complexity index is 1070. The van der Waals surface area contributed by atoms with E-state index in [1.54, 1.807) is 7.05 Å². The Labute approximate surface area is 190 Å². The predicted octanol–water partition coefficient (Wildman–Crippen LogP) is 3.28. The summed E-state index contributed by atoms with van der Waals surface area (Å²) < 4.78 is 0. The monoisotopic (exact) mass is 431 g/mol. The molecule has 1 aromatic heterocycles. The van der Waals surface area contributed by atoms with Crippen molar-refractivity contribution in [3.63, 3.8) is 0 Å². The third kappa shape index (κ3) is 5.49. The molecule has 6 nitrogen and oxygen atoms in total. The van der Waals surface area contributed by atoms with Gasteiger partial charge in [0.2, 0.25) is 5.91 Å². The Morgan fingerprint density at radius 2 is 2.00 bits per heavy atom. The van der Waals surface area contributed by atoms with Gasteiger partial charge in [-0.25, -0.2) is 0 Å². The van der Waals surface area contributed by atoms with Crippen LogP contribution in [0.25, 0.3) is 10.9 Å². The maximum Gasteiger partial charge on any atom is 0.223 e. The van der Waals surface area contributed by atoms with Gasteiger partial charge in [0.15, 0.2) is 5.96 Å². The van der Waals surface area contributed by atoms with E-state index in [2.05, 4.69) is 64.1 Å². The minimum Gasteiger partial charge on any atom is -0.361 e. The van der Waals surface area contributed by atoms with Gasteiger partial charge in [-0.2, -0.15) is 0 Å². The molecule has 3 N–H and O–H groups in total. The molecule has 4 rings (SSSR count). The summed E-state index contributed by atoms with van der Waals surface area (Å²) in [5, 5.41) is 8.08. The van der Waals surface area contributed by atoms with Gasteiger partial charge < -0.3 is 20.5 Å². The molecular formula is C26H33N5O. The van der Waals surface area contributed by atoms with Crippen molar-refractivity contribution in [3.05, 3.63) is 71.4 Å². The number of carbonyl (C=O) groups excluding carboxylic acids is 1. The highest BCUT2D eigenvalue weighted by Crippen LogP contribution is 2.20. The fourth-order valence-corrected chi connectivity index (χ4v) is 4.40. The number of rotatable bonds is 8. The van der Waals surface area contributed by atoms with Gasteiger partial charge >= 0.3 is 0 Å². The molecule has 1 fully saturated rings. The highest BCUT2D eigenvalue weighted by molar-refractivity contribution is 5.84. The number of aromatic nitrogens is 1. The molecule has 1 atom stereocenters. The number of hydrogen-bond donors (Lipinski definition) is 3. The molecule has 0 aliphatic carbocycles. The molecule has 0 radical (unpaired) electrons. The van der Waals surface area contributed by atoms with E-state index in [-0.39, 0.29) is 5.91 Å². The second kappa shape index (κ2) is 10.4. The van der Waals surface area contributed by atoms with Gasteiger partial charge in [-0.1, -0.05) is 42.5 Å². The van der Waals surface area contributed by atoms with Crippen molar-refractivity contribution >= 4 is 22.8 Å². The molecule has 0 spiro atoms. The average molecular weight is 432 g/mol. The van der Waals surface area contributed by atoms with Crippen LogP contribution in [0.3, 0.4) is 0 Å². The van der Waals surface area contributed by atoms with Crippen LogP contribution < -0.4 is 10.6 Å². The topological polar surface area (TPSA) is 72.5 Å². The second-order valence-electron chi connectivity index (χ2n) is 8.64. The van der Waals surface area contributed by atoms with Crippen LogP contribution in [0, 0.1) is 12.8 Å². The average Bonchev–Trinajstić information content (AvgIpc) is 3.37. The zero-order valence-corrected chi connectivity index (χ0v) is 19.0. The van der Waals surface area contributed by atoms with E-state index in [1.807, 2.05) is 23.1 Å². The lowest BCUT2D eigenvalue weighted by molar-refractivity contribution is -0.127. The van der Waals surface area contributed by atoms with Crippen LogP contribution in [-0.2, 0) is 17.6 Å². The number of likely N-dealkylation sites (tertiary alicyclic amines) is 1. The number of hydrogen-bond acceptors (Lipinski definition) is 2. The maximum absolute atomic E-state index is 12.4. The number of benzene rings is 2. The SMILES string of the molecule is CN=C(NCCc1c[nH]c2cc(C)ccc12)NCC1CC(=O)N(CCc2ccccc2)C1. The van der Waals surface area contributed by atoms with E-state index in [4.69, 9.17) is 0 Å². The first-order chi connectivity index (χ1) is 15.6. The minimum atomic E-state index is 0.255. The van der Waals surface area contributed by atoms with Crippen LogP contribution in [0.1, 0.15) is 23.1 Å². The van der Waals surface area contributed by atoms with Gasteiger partial charge in [0.1, 0.15) is 0 Å². The second-order valence-corrected chi connectivity index (χ2v) is 8.64. The smallest absolute Gasteiger partial charge is 0.223 e. The summed E-state index contributed by atoms with van der Waals surface area (Å²) in [6.07, 6.45) is 4.52. The molecule has 3 aromatic rings. The molecule has 0 bridgehead atoms. The first-order valence-electron chi connectivity index (χ1n) is 11.4. The molecule has 6 heteroatoms. The predicted molar refractivity (Wildman–Crippen MR) is 131 cm³/mol. The Balaban J connectivity index is 1.20. The molecule has 1 aliphatic rings. The van der Waals surface area contributed by atoms with Gasteiger partial charge in [0, 0.05) is 62.7 Å². The van der Waals surface area contributed by atoms with Crippen molar-refractivity contribution in [3.8, 4) is 0 Å². The number of carbonyl (C=O) groups is 1. The number of fused-ring (bicyclic) bond motifs is 1. The van der Waals surface area contributed by atoms with Crippen molar-refractivity contribution in [1.82, 2.24) is 20.5 Å². The third-order valence-corrected chi connectivity index (χ3v) is 6.20. The Kier molecular flexibility index (Phi) is 7.10. The van der Waals surface area contributed by atoms with E-state index in [0.29, 0.717) is 12.3 Å². The van der Waals surface area contributed by atoms with Gasteiger partial charge in [-0.3, -0.25) is 9.79 Å². The first kappa shape index (κ1) is 21.9. The van der Waals surface area contributed by atoms with Crippen molar-refractivity contribution in [2.45, 2.75) is 26.2 Å². The minimum absolute atomic E-state index is 0.255. The Morgan fingerprint density at radius 3 is 2.81 bits per heavy atom. The van der Waals surface area contributed by atoms with Crippen LogP contribution in [0.4, 0.5) is 0 Å². The van der Waals surface area contributed by atoms with E-state index in [1.165, 1.54) is 27.6 Å². The van der Waals surface area contributed by atoms with E-state index < -0.39 is 0 Å². The summed E-state index contributed by atoms with van der Waals surface area (Å²) >= 11 is 0. The van der Waals surface area contributed by atoms with Gasteiger partial charge in [-0.15, -0.1) is 0 Å². The lowest BCUT2D eigenvalue weighted by Gasteiger charge is -2.18. The fourth-order valence-electron chi connectivity index (χ4n) is 4.40. The molecule has 1 unspecified atom stereocenters. The van der Waals surface area contributed by atoms with Gasteiger partial charge in [0.05, 0.1) is 0 Å². The molecule has 1 aliphatic heterocycles. The largest absolute Gasteiger partial charge is 0.361 e. The van der Waals surface area contributed by atoms with Crippen LogP contribution in [0.5, 0.6) is 0 Å². The zero-order chi connectivity index (χ0) is 22.3. The van der Waals surface area contributed by atoms with Crippen molar-refractivity contribution < 1.29 is 4.79 Å². The normalized spacial score (nSPS) is 16.7. The zero-order valence-electron chi connectivity index (χ0n) is 19.0. The molecule has 1 amide bonds. The summed E-state index contributed by atoms with van der Waals surface area (Å²) in [5.74, 6) is 1.36. The highest BCUT2D eigenvalue weighted by Gasteiger charge is 2.29. The Morgan fingerprint density at radius 1 is 1.16 bits per heavy atom. The number of nitrogens with one attached hydrogen (secondary N) is 3. The number of aliphatic imine (C=N–C) groups is 1. The van der Waals surface area contributed by atoms with Gasteiger partial charge in [-0.05, 0) is 42.5 Å². The number of aryl methyl sites for hydroxylation is 1. The van der Waals surface area contributed by atoms with Crippen LogP contribution in [0.2, 0.25) is 0 Å². The van der Waals surface area contributed by atoms with Crippen molar-refractivity contribution in [1.29, 1.82) is 0 Å². The van der Waals surface area contributed by atoms with Crippen molar-refractivity contribution in [2.75, 3.05) is 33.2 Å². The maximum atomic E-state index is 12.4. The molecule has 168 valence electrons. The molecule has 2 aromatic carbocycles. The summed E-state index contributed by atoms with van der Waals surface area (Å²) in [6.45, 7) is 5.26. The standard InChI is InChI=1S/C26H33N5O/c1-19-8-9-23-22(17-29-24(23)14-19)10-12-28-26(27-2)30-16-21-15-25(32)31(18-21)13-11-20-6-4-3-5-7-20/h3-9,14,17,21,29H,10-13,15-16,18H2,1-2H3,(H2,27,28,30). The molecular weight excluding hydrogens is 398 g/mol. The first-order valence-corrected chi connectivity index (χ1v) is 11.4. The summed E-state index contributed by atoms with van der Waals surface area (Å²) in [4.78, 5) is 22.1. The molecule has 2 heterocycles. The number of guanidine groups is 1. The number of aromatic amines is 1. The van der Waals surface area contributed by atoms with Crippen LogP contribution in [0.15, 0.2) is 59.7 Å². The summed E-state index contributed by atoms with van der Waals surface area (Å²) in [6, 6.07) is 16.9. The van der Waals surface area contributed by atoms with E-state index in [0.717, 1.165) is 45.0 Å². The quantitative estimate of drug-likeness (QED) is 0.379. The molecule has 0 saturated carbocycles. The molecule has 1 saturated heterocycles. The lowest BCUT2D eigenvalue weighted by Crippen LogP contribution is -2.41. The van der Waals surface area contributed by atoms with Crippen LogP contribution in [-0.4, -0.2) is 55.0 Å². The fraction of sp³-hybridized carbons (Fsp3) is 0.385. The van der Waals surface area contributed by atoms with Gasteiger partial charge in [0.25, 0.3) is 0 Å². The van der Waals surface area contributed by atoms with Crippen LogP contribution >= 0.6 is 0 Å². The third-order valence-electron chi connectivity index (χ3n) is 6.20. The molecule has 32 heavy (non-hydrogen) atoms. The number of nitrogens with zero attached hydrogens (tertiary/aromatic N) is 2. The summed E-state index contributed by atoms with van der Waals surface area (Å²) in [5.41, 5.74) is 5.03. The Hall–Kier alpha value is -3.28. The van der Waals surface area contributed by atoms with Crippen molar-refractivity contribution in [2.24, 2.45) is 10.9 Å². The lowest BCUT2D eigenvalue weighted by atomic mass is 10.1. The number of amides is 1. The van der Waals surface area contributed by atoms with E-state index in [9.17, 15) is 4.79 Å². The van der Waals surface area contributed by atoms with E-state index >= 15 is 0 Å². The number of H-pyrrole nitrogens is 1. The highest BCUT2D eigenvalue weighted by atomic mass is 16.2. The summed E-state index contributed by atoms with van der Waals surface area (Å²) in [7, 11) is 1.79.